The smallest absolute Gasteiger partial charge is 0.251 e. The van der Waals surface area contributed by atoms with Crippen molar-refractivity contribution in [1.29, 1.82) is 0 Å². The average molecular weight is 488 g/mol. The summed E-state index contributed by atoms with van der Waals surface area (Å²) in [5.41, 5.74) is 6.52. The Morgan fingerprint density at radius 1 is 1.06 bits per heavy atom. The van der Waals surface area contributed by atoms with E-state index in [1.54, 1.807) is 0 Å². The van der Waals surface area contributed by atoms with E-state index in [1.165, 1.54) is 31.4 Å². The number of hydrogen-bond donors (Lipinski definition) is 1. The van der Waals surface area contributed by atoms with Crippen LogP contribution >= 0.6 is 0 Å². The molecule has 2 saturated carbocycles. The molecule has 36 heavy (non-hydrogen) atoms. The number of rotatable bonds is 4. The molecule has 4 aliphatic rings. The highest BCUT2D eigenvalue weighted by atomic mass is 16.2. The van der Waals surface area contributed by atoms with Crippen molar-refractivity contribution < 1.29 is 9.59 Å². The SMILES string of the molecule is CCN(c1cccc2c1C/C=C/CCC1=C(CNC2=O)C(=O)CC(C)=C1)C1CC2(CC(N(C)C)C2)C1. The van der Waals surface area contributed by atoms with Crippen molar-refractivity contribution in [3.05, 3.63) is 64.3 Å². The molecule has 1 aromatic carbocycles. The van der Waals surface area contributed by atoms with Crippen LogP contribution in [0.15, 0.2) is 53.1 Å². The van der Waals surface area contributed by atoms with Crippen molar-refractivity contribution >= 4 is 17.4 Å². The Morgan fingerprint density at radius 2 is 1.81 bits per heavy atom. The maximum atomic E-state index is 13.4. The molecule has 3 aliphatic carbocycles. The first-order valence-electron chi connectivity index (χ1n) is 13.7. The van der Waals surface area contributed by atoms with E-state index in [9.17, 15) is 9.59 Å². The maximum Gasteiger partial charge on any atom is 0.251 e. The van der Waals surface area contributed by atoms with Crippen molar-refractivity contribution in [3.8, 4) is 0 Å². The summed E-state index contributed by atoms with van der Waals surface area (Å²) in [7, 11) is 4.39. The van der Waals surface area contributed by atoms with E-state index in [4.69, 9.17) is 0 Å². The van der Waals surface area contributed by atoms with Crippen LogP contribution in [0.25, 0.3) is 0 Å². The molecule has 1 aliphatic heterocycles. The first kappa shape index (κ1) is 25.0. The number of nitrogens with zero attached hydrogens (tertiary/aromatic N) is 2. The second-order valence-corrected chi connectivity index (χ2v) is 11.7. The highest BCUT2D eigenvalue weighted by Gasteiger charge is 2.54. The summed E-state index contributed by atoms with van der Waals surface area (Å²) < 4.78 is 0. The maximum absolute atomic E-state index is 13.4. The fraction of sp³-hybridized carbons (Fsp3) is 0.548. The van der Waals surface area contributed by atoms with Crippen LogP contribution in [0.2, 0.25) is 0 Å². The zero-order valence-corrected chi connectivity index (χ0v) is 22.4. The van der Waals surface area contributed by atoms with Crippen LogP contribution in [0.3, 0.4) is 0 Å². The van der Waals surface area contributed by atoms with Gasteiger partial charge in [0, 0.05) is 48.4 Å². The Morgan fingerprint density at radius 3 is 2.53 bits per heavy atom. The molecule has 0 unspecified atom stereocenters. The normalized spacial score (nSPS) is 29.2. The Labute approximate surface area is 216 Å². The zero-order chi connectivity index (χ0) is 25.4. The Kier molecular flexibility index (Phi) is 6.95. The Bertz CT molecular complexity index is 1130. The number of nitrogens with one attached hydrogen (secondary N) is 1. The van der Waals surface area contributed by atoms with Crippen LogP contribution in [0, 0.1) is 5.41 Å². The van der Waals surface area contributed by atoms with Gasteiger partial charge in [0.2, 0.25) is 0 Å². The highest BCUT2D eigenvalue weighted by molar-refractivity contribution is 6.02. The first-order chi connectivity index (χ1) is 17.3. The Balaban J connectivity index is 1.39. The second-order valence-electron chi connectivity index (χ2n) is 11.7. The van der Waals surface area contributed by atoms with Gasteiger partial charge in [0.05, 0.1) is 0 Å². The monoisotopic (exact) mass is 487 g/mol. The number of amides is 1. The molecule has 0 radical (unpaired) electrons. The molecule has 0 aromatic heterocycles. The molecule has 1 N–H and O–H groups in total. The van der Waals surface area contributed by atoms with Gasteiger partial charge in [0.15, 0.2) is 5.78 Å². The summed E-state index contributed by atoms with van der Waals surface area (Å²) in [6.07, 6.45) is 14.6. The highest BCUT2D eigenvalue weighted by Crippen LogP contribution is 2.58. The van der Waals surface area contributed by atoms with Gasteiger partial charge in [0.1, 0.15) is 0 Å². The number of Topliss-reactive ketones (excluding diaryl/α,β-unsaturated/α-hetero) is 1. The molecule has 1 spiro atoms. The predicted octanol–water partition coefficient (Wildman–Crippen LogP) is 5.22. The lowest BCUT2D eigenvalue weighted by Crippen LogP contribution is -2.60. The van der Waals surface area contributed by atoms with Crippen molar-refractivity contribution in [3.63, 3.8) is 0 Å². The van der Waals surface area contributed by atoms with Crippen LogP contribution in [-0.4, -0.2) is 55.9 Å². The fourth-order valence-electron chi connectivity index (χ4n) is 6.93. The number of carbonyl (C=O) groups is 2. The second kappa shape index (κ2) is 10.0. The molecule has 5 rings (SSSR count). The molecule has 5 heteroatoms. The molecule has 5 nitrogen and oxygen atoms in total. The van der Waals surface area contributed by atoms with Gasteiger partial charge in [-0.3, -0.25) is 9.59 Å². The summed E-state index contributed by atoms with van der Waals surface area (Å²) in [6, 6.07) is 7.44. The summed E-state index contributed by atoms with van der Waals surface area (Å²) in [5, 5.41) is 3.10. The number of benzene rings is 1. The third-order valence-corrected chi connectivity index (χ3v) is 8.97. The first-order valence-corrected chi connectivity index (χ1v) is 13.7. The quantitative estimate of drug-likeness (QED) is 0.592. The molecule has 0 atom stereocenters. The van der Waals surface area contributed by atoms with Crippen molar-refractivity contribution in [2.24, 2.45) is 5.41 Å². The molecular formula is C31H41N3O2. The lowest BCUT2D eigenvalue weighted by molar-refractivity contribution is -0.115. The average Bonchev–Trinajstić information content (AvgIpc) is 2.77. The van der Waals surface area contributed by atoms with Gasteiger partial charge in [0.25, 0.3) is 5.91 Å². The van der Waals surface area contributed by atoms with E-state index in [1.807, 2.05) is 19.1 Å². The van der Waals surface area contributed by atoms with E-state index in [2.05, 4.69) is 60.4 Å². The van der Waals surface area contributed by atoms with E-state index >= 15 is 0 Å². The number of ketones is 1. The third-order valence-electron chi connectivity index (χ3n) is 8.97. The van der Waals surface area contributed by atoms with Gasteiger partial charge < -0.3 is 15.1 Å². The van der Waals surface area contributed by atoms with Gasteiger partial charge in [-0.15, -0.1) is 0 Å². The van der Waals surface area contributed by atoms with Gasteiger partial charge in [-0.25, -0.2) is 0 Å². The molecule has 1 aromatic rings. The summed E-state index contributed by atoms with van der Waals surface area (Å²) >= 11 is 0. The lowest BCUT2D eigenvalue weighted by atomic mass is 9.51. The van der Waals surface area contributed by atoms with E-state index < -0.39 is 0 Å². The summed E-state index contributed by atoms with van der Waals surface area (Å²) in [5.74, 6) is 0.0598. The molecule has 0 bridgehead atoms. The fourth-order valence-corrected chi connectivity index (χ4v) is 6.93. The van der Waals surface area contributed by atoms with E-state index in [0.717, 1.165) is 59.7 Å². The van der Waals surface area contributed by atoms with Gasteiger partial charge in [-0.1, -0.05) is 29.9 Å². The minimum atomic E-state index is -0.0827. The number of carbonyl (C=O) groups excluding carboxylic acids is 2. The largest absolute Gasteiger partial charge is 0.369 e. The van der Waals surface area contributed by atoms with Crippen molar-refractivity contribution in [2.75, 3.05) is 32.1 Å². The van der Waals surface area contributed by atoms with Crippen LogP contribution < -0.4 is 10.2 Å². The summed E-state index contributed by atoms with van der Waals surface area (Å²) in [6.45, 7) is 5.49. The lowest BCUT2D eigenvalue weighted by Gasteiger charge is -2.61. The van der Waals surface area contributed by atoms with Crippen LogP contribution in [0.4, 0.5) is 5.69 Å². The standard InChI is InChI=1S/C31H41N3O2/c1-5-34(24-18-31(19-24)16-23(17-31)33(3)4)28-13-9-12-26-25(28)11-8-6-7-10-22-14-21(2)15-29(35)27(22)20-32-30(26)36/h6,8-9,12-14,23-24H,5,7,10-11,15-20H2,1-4H3,(H,32,36)/b8-6+. The van der Waals surface area contributed by atoms with E-state index in [-0.39, 0.29) is 11.7 Å². The van der Waals surface area contributed by atoms with Gasteiger partial charge in [-0.2, -0.15) is 0 Å². The van der Waals surface area contributed by atoms with Crippen molar-refractivity contribution in [2.45, 2.75) is 77.3 Å². The molecule has 2 fully saturated rings. The number of allylic oxidation sites excluding steroid dienone is 5. The zero-order valence-electron chi connectivity index (χ0n) is 22.4. The molecule has 0 saturated heterocycles. The molecular weight excluding hydrogens is 446 g/mol. The van der Waals surface area contributed by atoms with Crippen molar-refractivity contribution in [1.82, 2.24) is 10.2 Å². The molecule has 192 valence electrons. The minimum Gasteiger partial charge on any atom is -0.369 e. The number of fused-ring (bicyclic) bond motifs is 1. The predicted molar refractivity (Wildman–Crippen MR) is 146 cm³/mol. The number of anilines is 1. The van der Waals surface area contributed by atoms with E-state index in [0.29, 0.717) is 24.4 Å². The van der Waals surface area contributed by atoms with Gasteiger partial charge >= 0.3 is 0 Å². The third kappa shape index (κ3) is 4.70. The topological polar surface area (TPSA) is 52.7 Å². The van der Waals surface area contributed by atoms with Crippen LogP contribution in [-0.2, 0) is 11.2 Å². The Hall–Kier alpha value is -2.66. The van der Waals surface area contributed by atoms with Crippen LogP contribution in [0.5, 0.6) is 0 Å². The minimum absolute atomic E-state index is 0.0827. The number of hydrogen-bond acceptors (Lipinski definition) is 4. The van der Waals surface area contributed by atoms with Crippen LogP contribution in [0.1, 0.15) is 74.7 Å². The summed E-state index contributed by atoms with van der Waals surface area (Å²) in [4.78, 5) is 31.1. The van der Waals surface area contributed by atoms with Gasteiger partial charge in [-0.05, 0) is 102 Å². The molecule has 1 heterocycles. The molecule has 1 amide bonds.